The van der Waals surface area contributed by atoms with Crippen LogP contribution in [0.5, 0.6) is 0 Å². The Labute approximate surface area is 200 Å². The van der Waals surface area contributed by atoms with E-state index in [1.165, 1.54) is 0 Å². The van der Waals surface area contributed by atoms with Gasteiger partial charge >= 0.3 is 12.1 Å². The molecule has 0 bridgehead atoms. The smallest absolute Gasteiger partial charge is 0.408 e. The molecule has 4 rings (SSSR count). The number of carbonyl (C=O) groups is 3. The van der Waals surface area contributed by atoms with Gasteiger partial charge in [0.1, 0.15) is 12.1 Å². The van der Waals surface area contributed by atoms with Crippen molar-refractivity contribution in [2.45, 2.75) is 45.1 Å². The molecule has 1 saturated heterocycles. The zero-order valence-electron chi connectivity index (χ0n) is 19.9. The van der Waals surface area contributed by atoms with Crippen LogP contribution in [0.1, 0.15) is 50.7 Å². The number of benzene rings is 2. The maximum Gasteiger partial charge on any atom is 0.408 e. The lowest BCUT2D eigenvalue weighted by molar-refractivity contribution is -0.142. The minimum Gasteiger partial charge on any atom is -0.481 e. The minimum atomic E-state index is -1.13. The van der Waals surface area contributed by atoms with Crippen LogP contribution in [0.4, 0.5) is 4.79 Å². The van der Waals surface area contributed by atoms with Gasteiger partial charge in [0, 0.05) is 19.0 Å². The lowest BCUT2D eigenvalue weighted by atomic mass is 9.91. The quantitative estimate of drug-likeness (QED) is 0.638. The van der Waals surface area contributed by atoms with E-state index < -0.39 is 23.5 Å². The molecule has 34 heavy (non-hydrogen) atoms. The number of carboxylic acids is 1. The van der Waals surface area contributed by atoms with Crippen LogP contribution >= 0.6 is 0 Å². The van der Waals surface area contributed by atoms with Crippen LogP contribution < -0.4 is 5.32 Å². The molecule has 1 aliphatic heterocycles. The fraction of sp³-hybridized carbons (Fsp3) is 0.444. The van der Waals surface area contributed by atoms with Gasteiger partial charge in [-0.25, -0.2) is 4.79 Å². The van der Waals surface area contributed by atoms with Crippen LogP contribution in [0.15, 0.2) is 48.5 Å². The summed E-state index contributed by atoms with van der Waals surface area (Å²) in [6, 6.07) is 16.2. The molecule has 7 heteroatoms. The Hall–Kier alpha value is -3.35. The minimum absolute atomic E-state index is 0.0674. The van der Waals surface area contributed by atoms with Gasteiger partial charge in [0.25, 0.3) is 0 Å². The van der Waals surface area contributed by atoms with Crippen molar-refractivity contribution in [3.8, 4) is 11.1 Å². The highest BCUT2D eigenvalue weighted by Gasteiger charge is 2.45. The summed E-state index contributed by atoms with van der Waals surface area (Å²) in [6.45, 7) is 6.22. The number of carbonyl (C=O) groups excluding carboxylic acids is 2. The van der Waals surface area contributed by atoms with E-state index in [4.69, 9.17) is 4.74 Å². The first kappa shape index (κ1) is 23.8. The van der Waals surface area contributed by atoms with Gasteiger partial charge in [-0.3, -0.25) is 9.59 Å². The van der Waals surface area contributed by atoms with Crippen LogP contribution in [0, 0.1) is 11.8 Å². The molecule has 1 heterocycles. The molecule has 2 aromatic rings. The summed E-state index contributed by atoms with van der Waals surface area (Å²) in [6.07, 6.45) is 0.130. The van der Waals surface area contributed by atoms with Crippen molar-refractivity contribution in [3.05, 3.63) is 59.7 Å². The second kappa shape index (κ2) is 9.49. The largest absolute Gasteiger partial charge is 0.481 e. The number of fused-ring (bicyclic) bond motifs is 3. The number of hydrogen-bond donors (Lipinski definition) is 2. The van der Waals surface area contributed by atoms with E-state index >= 15 is 0 Å². The van der Waals surface area contributed by atoms with Gasteiger partial charge in [0.15, 0.2) is 0 Å². The van der Waals surface area contributed by atoms with Gasteiger partial charge < -0.3 is 20.1 Å². The van der Waals surface area contributed by atoms with Gasteiger partial charge in [-0.1, -0.05) is 69.3 Å². The lowest BCUT2D eigenvalue weighted by Gasteiger charge is -2.35. The van der Waals surface area contributed by atoms with E-state index in [1.807, 2.05) is 45.0 Å². The monoisotopic (exact) mass is 464 g/mol. The topological polar surface area (TPSA) is 95.9 Å². The highest BCUT2D eigenvalue weighted by atomic mass is 16.5. The maximum atomic E-state index is 13.4. The summed E-state index contributed by atoms with van der Waals surface area (Å²) in [7, 11) is 0. The fourth-order valence-electron chi connectivity index (χ4n) is 5.37. The van der Waals surface area contributed by atoms with Gasteiger partial charge in [0.05, 0.1) is 5.92 Å². The number of carboxylic acid groups (broad SMARTS) is 1. The normalized spacial score (nSPS) is 19.4. The molecule has 2 N–H and O–H groups in total. The standard InChI is InChI=1S/C27H32N2O5/c1-4-27(5-2,25(32)29-14-17(3)22(15-29)24(30)31)28-26(33)34-16-23-20-12-8-6-10-18(20)19-11-7-9-13-21(19)23/h6-13,17,22-23H,4-5,14-16H2,1-3H3,(H,28,33)(H,30,31)/t17-,22-/m1/s1. The molecule has 2 aliphatic rings. The van der Waals surface area contributed by atoms with E-state index in [9.17, 15) is 19.5 Å². The summed E-state index contributed by atoms with van der Waals surface area (Å²) in [5.41, 5.74) is 3.41. The molecule has 2 aromatic carbocycles. The number of amides is 2. The van der Waals surface area contributed by atoms with Gasteiger partial charge in [-0.15, -0.1) is 0 Å². The summed E-state index contributed by atoms with van der Waals surface area (Å²) in [5, 5.41) is 12.3. The van der Waals surface area contributed by atoms with E-state index in [1.54, 1.807) is 4.90 Å². The average Bonchev–Trinajstić information content (AvgIpc) is 3.39. The Morgan fingerprint density at radius 2 is 1.56 bits per heavy atom. The van der Waals surface area contributed by atoms with Crippen LogP contribution in [0.2, 0.25) is 0 Å². The first-order valence-corrected chi connectivity index (χ1v) is 12.0. The number of rotatable bonds is 7. The molecule has 2 amide bonds. The first-order chi connectivity index (χ1) is 16.3. The number of hydrogen-bond acceptors (Lipinski definition) is 4. The Kier molecular flexibility index (Phi) is 6.64. The molecule has 1 fully saturated rings. The average molecular weight is 465 g/mol. The maximum absolute atomic E-state index is 13.4. The molecule has 0 unspecified atom stereocenters. The number of nitrogens with one attached hydrogen (secondary N) is 1. The van der Waals surface area contributed by atoms with Crippen LogP contribution in [0.25, 0.3) is 11.1 Å². The third kappa shape index (κ3) is 4.15. The predicted molar refractivity (Wildman–Crippen MR) is 128 cm³/mol. The Morgan fingerprint density at radius 3 is 2.06 bits per heavy atom. The highest BCUT2D eigenvalue weighted by Crippen LogP contribution is 2.44. The number of likely N-dealkylation sites (tertiary alicyclic amines) is 1. The number of aliphatic carboxylic acids is 1. The molecular formula is C27H32N2O5. The fourth-order valence-corrected chi connectivity index (χ4v) is 5.37. The molecular weight excluding hydrogens is 432 g/mol. The summed E-state index contributed by atoms with van der Waals surface area (Å²) in [4.78, 5) is 39.4. The molecule has 180 valence electrons. The van der Waals surface area contributed by atoms with E-state index in [0.717, 1.165) is 22.3 Å². The zero-order valence-corrected chi connectivity index (χ0v) is 19.9. The molecule has 2 atom stereocenters. The van der Waals surface area contributed by atoms with Crippen LogP contribution in [0.3, 0.4) is 0 Å². The van der Waals surface area contributed by atoms with E-state index in [2.05, 4.69) is 29.6 Å². The Bertz CT molecular complexity index is 1050. The molecule has 0 radical (unpaired) electrons. The molecule has 1 aliphatic carbocycles. The second-order valence-corrected chi connectivity index (χ2v) is 9.37. The lowest BCUT2D eigenvalue weighted by Crippen LogP contribution is -2.59. The molecule has 0 saturated carbocycles. The molecule has 0 spiro atoms. The van der Waals surface area contributed by atoms with Crippen molar-refractivity contribution in [2.75, 3.05) is 19.7 Å². The third-order valence-corrected chi connectivity index (χ3v) is 7.52. The van der Waals surface area contributed by atoms with Gasteiger partial charge in [-0.2, -0.15) is 0 Å². The SMILES string of the molecule is CCC(CC)(NC(=O)OCC1c2ccccc2-c2ccccc21)C(=O)N1C[C@@H](C)[C@H](C(=O)O)C1. The summed E-state index contributed by atoms with van der Waals surface area (Å²) >= 11 is 0. The Morgan fingerprint density at radius 1 is 1.00 bits per heavy atom. The summed E-state index contributed by atoms with van der Waals surface area (Å²) < 4.78 is 5.68. The zero-order chi connectivity index (χ0) is 24.5. The van der Waals surface area contributed by atoms with E-state index in [-0.39, 0.29) is 30.9 Å². The van der Waals surface area contributed by atoms with Crippen LogP contribution in [-0.2, 0) is 14.3 Å². The molecule has 7 nitrogen and oxygen atoms in total. The number of nitrogens with zero attached hydrogens (tertiary/aromatic N) is 1. The summed E-state index contributed by atoms with van der Waals surface area (Å²) in [5.74, 6) is -1.94. The van der Waals surface area contributed by atoms with Crippen molar-refractivity contribution in [2.24, 2.45) is 11.8 Å². The van der Waals surface area contributed by atoms with Gasteiger partial charge in [0.2, 0.25) is 5.91 Å². The van der Waals surface area contributed by atoms with Crippen molar-refractivity contribution < 1.29 is 24.2 Å². The predicted octanol–water partition coefficient (Wildman–Crippen LogP) is 4.26. The Balaban J connectivity index is 1.46. The van der Waals surface area contributed by atoms with Gasteiger partial charge in [-0.05, 0) is 41.0 Å². The third-order valence-electron chi connectivity index (χ3n) is 7.52. The van der Waals surface area contributed by atoms with Crippen molar-refractivity contribution >= 4 is 18.0 Å². The first-order valence-electron chi connectivity index (χ1n) is 12.0. The van der Waals surface area contributed by atoms with E-state index in [0.29, 0.717) is 19.4 Å². The van der Waals surface area contributed by atoms with Crippen molar-refractivity contribution in [3.63, 3.8) is 0 Å². The number of ether oxygens (including phenoxy) is 1. The van der Waals surface area contributed by atoms with Crippen molar-refractivity contribution in [1.29, 1.82) is 0 Å². The number of alkyl carbamates (subject to hydrolysis) is 1. The second-order valence-electron chi connectivity index (χ2n) is 9.37. The highest BCUT2D eigenvalue weighted by molar-refractivity contribution is 5.91. The molecule has 0 aromatic heterocycles. The van der Waals surface area contributed by atoms with Crippen molar-refractivity contribution in [1.82, 2.24) is 10.2 Å². The van der Waals surface area contributed by atoms with Crippen LogP contribution in [-0.4, -0.2) is 53.2 Å².